The number of nitrogens with one attached hydrogen (secondary N) is 1. The van der Waals surface area contributed by atoms with Gasteiger partial charge in [0.15, 0.2) is 0 Å². The average Bonchev–Trinajstić information content (AvgIpc) is 2.46. The highest BCUT2D eigenvalue weighted by molar-refractivity contribution is 7.98. The Balaban J connectivity index is 2.56. The number of carbonyl (C=O) groups excluding carboxylic acids is 2. The monoisotopic (exact) mass is 292 g/mol. The lowest BCUT2D eigenvalue weighted by molar-refractivity contribution is -0.131. The van der Waals surface area contributed by atoms with Gasteiger partial charge in [0, 0.05) is 11.9 Å². The number of likely N-dealkylation sites (N-methyl/N-ethyl adjacent to an activating group) is 1. The summed E-state index contributed by atoms with van der Waals surface area (Å²) in [5.74, 6) is -0.457. The van der Waals surface area contributed by atoms with Gasteiger partial charge in [-0.1, -0.05) is 18.7 Å². The van der Waals surface area contributed by atoms with Crippen molar-refractivity contribution in [3.8, 4) is 0 Å². The summed E-state index contributed by atoms with van der Waals surface area (Å²) in [5, 5.41) is 2.87. The van der Waals surface area contributed by atoms with Crippen LogP contribution >= 0.6 is 11.8 Å². The van der Waals surface area contributed by atoms with Gasteiger partial charge in [0.25, 0.3) is 0 Å². The maximum Gasteiger partial charge on any atom is 0.246 e. The minimum atomic E-state index is -0.267. The fraction of sp³-hybridized carbons (Fsp3) is 0.333. The molecule has 0 radical (unpaired) electrons. The molecule has 0 saturated heterocycles. The molecule has 0 aliphatic carbocycles. The van der Waals surface area contributed by atoms with Crippen LogP contribution < -0.4 is 5.32 Å². The Morgan fingerprint density at radius 2 is 2.00 bits per heavy atom. The van der Waals surface area contributed by atoms with Crippen molar-refractivity contribution in [1.82, 2.24) is 10.2 Å². The van der Waals surface area contributed by atoms with Crippen LogP contribution in [0, 0.1) is 0 Å². The molecule has 5 heteroatoms. The van der Waals surface area contributed by atoms with Gasteiger partial charge in [-0.2, -0.15) is 0 Å². The fourth-order valence-electron chi connectivity index (χ4n) is 1.71. The van der Waals surface area contributed by atoms with E-state index in [1.54, 1.807) is 18.8 Å². The fourth-order valence-corrected chi connectivity index (χ4v) is 2.12. The van der Waals surface area contributed by atoms with Crippen molar-refractivity contribution in [2.45, 2.75) is 17.9 Å². The van der Waals surface area contributed by atoms with Gasteiger partial charge in [-0.25, -0.2) is 0 Å². The standard InChI is InChI=1S/C15H20N2O2S/c1-5-15(19)17(3)10-14(18)16-11(2)12-6-8-13(20-4)9-7-12/h5-9,11H,1,10H2,2-4H3,(H,16,18)/t11-/m0/s1. The Kier molecular flexibility index (Phi) is 6.31. The van der Waals surface area contributed by atoms with E-state index in [9.17, 15) is 9.59 Å². The van der Waals surface area contributed by atoms with Crippen molar-refractivity contribution in [3.05, 3.63) is 42.5 Å². The van der Waals surface area contributed by atoms with Crippen LogP contribution in [0.5, 0.6) is 0 Å². The van der Waals surface area contributed by atoms with E-state index in [0.29, 0.717) is 0 Å². The van der Waals surface area contributed by atoms with Gasteiger partial charge in [0.1, 0.15) is 0 Å². The molecule has 4 nitrogen and oxygen atoms in total. The third-order valence-electron chi connectivity index (χ3n) is 2.92. The Morgan fingerprint density at radius 3 is 2.50 bits per heavy atom. The molecule has 0 heterocycles. The second-order valence-corrected chi connectivity index (χ2v) is 5.34. The number of rotatable bonds is 6. The smallest absolute Gasteiger partial charge is 0.246 e. The zero-order valence-electron chi connectivity index (χ0n) is 12.1. The van der Waals surface area contributed by atoms with Gasteiger partial charge in [0.05, 0.1) is 12.6 Å². The number of nitrogens with zero attached hydrogens (tertiary/aromatic N) is 1. The molecule has 1 rings (SSSR count). The summed E-state index contributed by atoms with van der Waals surface area (Å²) in [6.45, 7) is 5.33. The zero-order chi connectivity index (χ0) is 15.1. The molecule has 0 aromatic heterocycles. The Labute approximate surface area is 124 Å². The highest BCUT2D eigenvalue weighted by Gasteiger charge is 2.13. The van der Waals surface area contributed by atoms with E-state index in [2.05, 4.69) is 11.9 Å². The van der Waals surface area contributed by atoms with E-state index >= 15 is 0 Å². The topological polar surface area (TPSA) is 49.4 Å². The van der Waals surface area contributed by atoms with Crippen LogP contribution in [0.15, 0.2) is 41.8 Å². The van der Waals surface area contributed by atoms with E-state index in [4.69, 9.17) is 0 Å². The Hall–Kier alpha value is -1.75. The SMILES string of the molecule is C=CC(=O)N(C)CC(=O)N[C@@H](C)c1ccc(SC)cc1. The largest absolute Gasteiger partial charge is 0.348 e. The van der Waals surface area contributed by atoms with E-state index in [1.165, 1.54) is 15.9 Å². The summed E-state index contributed by atoms with van der Waals surface area (Å²) in [7, 11) is 1.57. The van der Waals surface area contributed by atoms with Crippen LogP contribution in [0.25, 0.3) is 0 Å². The maximum absolute atomic E-state index is 11.8. The van der Waals surface area contributed by atoms with Crippen molar-refractivity contribution in [3.63, 3.8) is 0 Å². The quantitative estimate of drug-likeness (QED) is 0.646. The molecule has 0 spiro atoms. The summed E-state index contributed by atoms with van der Waals surface area (Å²) in [4.78, 5) is 25.6. The van der Waals surface area contributed by atoms with E-state index in [1.807, 2.05) is 37.4 Å². The van der Waals surface area contributed by atoms with Gasteiger partial charge in [-0.3, -0.25) is 9.59 Å². The zero-order valence-corrected chi connectivity index (χ0v) is 12.9. The first-order valence-corrected chi connectivity index (χ1v) is 7.51. The molecule has 1 N–H and O–H groups in total. The van der Waals surface area contributed by atoms with Crippen LogP contribution in [-0.2, 0) is 9.59 Å². The highest BCUT2D eigenvalue weighted by atomic mass is 32.2. The second kappa shape index (κ2) is 7.75. The first kappa shape index (κ1) is 16.3. The Bertz CT molecular complexity index is 485. The Morgan fingerprint density at radius 1 is 1.40 bits per heavy atom. The summed E-state index contributed by atoms with van der Waals surface area (Å²) >= 11 is 1.68. The third kappa shape index (κ3) is 4.74. The molecule has 108 valence electrons. The van der Waals surface area contributed by atoms with E-state index in [-0.39, 0.29) is 24.4 Å². The molecule has 0 aliphatic rings. The van der Waals surface area contributed by atoms with Crippen molar-refractivity contribution in [2.75, 3.05) is 19.8 Å². The molecule has 1 atom stereocenters. The predicted molar refractivity (Wildman–Crippen MR) is 82.6 cm³/mol. The number of carbonyl (C=O) groups is 2. The number of amides is 2. The number of benzene rings is 1. The minimum Gasteiger partial charge on any atom is -0.348 e. The molecule has 0 fully saturated rings. The molecule has 2 amide bonds. The van der Waals surface area contributed by atoms with E-state index in [0.717, 1.165) is 5.56 Å². The number of hydrogen-bond acceptors (Lipinski definition) is 3. The molecule has 0 saturated carbocycles. The van der Waals surface area contributed by atoms with Gasteiger partial charge >= 0.3 is 0 Å². The lowest BCUT2D eigenvalue weighted by atomic mass is 10.1. The average molecular weight is 292 g/mol. The summed E-state index contributed by atoms with van der Waals surface area (Å²) in [5.41, 5.74) is 1.04. The lowest BCUT2D eigenvalue weighted by Crippen LogP contribution is -2.38. The van der Waals surface area contributed by atoms with Crippen molar-refractivity contribution >= 4 is 23.6 Å². The van der Waals surface area contributed by atoms with Crippen LogP contribution in [-0.4, -0.2) is 36.6 Å². The van der Waals surface area contributed by atoms with Crippen LogP contribution in [0.2, 0.25) is 0 Å². The second-order valence-electron chi connectivity index (χ2n) is 4.46. The van der Waals surface area contributed by atoms with Gasteiger partial charge in [-0.05, 0) is 37.0 Å². The molecule has 20 heavy (non-hydrogen) atoms. The van der Waals surface area contributed by atoms with E-state index < -0.39 is 0 Å². The number of hydrogen-bond donors (Lipinski definition) is 1. The van der Waals surface area contributed by atoms with Crippen LogP contribution in [0.1, 0.15) is 18.5 Å². The molecule has 0 bridgehead atoms. The van der Waals surface area contributed by atoms with Gasteiger partial charge < -0.3 is 10.2 Å². The lowest BCUT2D eigenvalue weighted by Gasteiger charge is -2.18. The summed E-state index contributed by atoms with van der Waals surface area (Å²) in [6, 6.07) is 7.95. The van der Waals surface area contributed by atoms with Crippen molar-refractivity contribution in [2.24, 2.45) is 0 Å². The highest BCUT2D eigenvalue weighted by Crippen LogP contribution is 2.18. The van der Waals surface area contributed by atoms with Crippen LogP contribution in [0.3, 0.4) is 0 Å². The molecule has 1 aromatic carbocycles. The van der Waals surface area contributed by atoms with Crippen LogP contribution in [0.4, 0.5) is 0 Å². The number of thioether (sulfide) groups is 1. The third-order valence-corrected chi connectivity index (χ3v) is 3.67. The van der Waals surface area contributed by atoms with Gasteiger partial charge in [-0.15, -0.1) is 11.8 Å². The first-order chi connectivity index (χ1) is 9.47. The molecule has 1 aromatic rings. The molecule has 0 unspecified atom stereocenters. The molecular formula is C15H20N2O2S. The van der Waals surface area contributed by atoms with Crippen molar-refractivity contribution in [1.29, 1.82) is 0 Å². The summed E-state index contributed by atoms with van der Waals surface area (Å²) < 4.78 is 0. The van der Waals surface area contributed by atoms with Gasteiger partial charge in [0.2, 0.25) is 11.8 Å². The normalized spacial score (nSPS) is 11.6. The minimum absolute atomic E-state index is 0.0259. The predicted octanol–water partition coefficient (Wildman–Crippen LogP) is 2.23. The molecule has 0 aliphatic heterocycles. The maximum atomic E-state index is 11.8. The summed E-state index contributed by atoms with van der Waals surface area (Å²) in [6.07, 6.45) is 3.21. The molecular weight excluding hydrogens is 272 g/mol. The first-order valence-electron chi connectivity index (χ1n) is 6.28. The van der Waals surface area contributed by atoms with Crippen molar-refractivity contribution < 1.29 is 9.59 Å².